The molecule has 9 nitrogen and oxygen atoms in total. The van der Waals surface area contributed by atoms with Crippen LogP contribution in [0.4, 0.5) is 4.79 Å². The Labute approximate surface area is 161 Å². The molecule has 1 aliphatic rings. The fourth-order valence-electron chi connectivity index (χ4n) is 2.62. The first-order valence-electron chi connectivity index (χ1n) is 8.70. The zero-order chi connectivity index (χ0) is 20.1. The first-order chi connectivity index (χ1) is 13.4. The number of aryl methyl sites for hydroxylation is 2. The monoisotopic (exact) mass is 388 g/mol. The van der Waals surface area contributed by atoms with Crippen molar-refractivity contribution in [3.63, 3.8) is 0 Å². The maximum Gasteiger partial charge on any atom is 0.416 e. The van der Waals surface area contributed by atoms with Gasteiger partial charge in [0.15, 0.2) is 6.61 Å². The van der Waals surface area contributed by atoms with E-state index in [2.05, 4.69) is 9.89 Å². The number of carbonyl (C=O) groups excluding carboxylic acids is 3. The van der Waals surface area contributed by atoms with Crippen LogP contribution in [0.5, 0.6) is 5.75 Å². The number of amides is 2. The van der Waals surface area contributed by atoms with Gasteiger partial charge in [0.1, 0.15) is 24.7 Å². The van der Waals surface area contributed by atoms with E-state index in [0.717, 1.165) is 16.2 Å². The molecule has 2 aromatic rings. The first-order valence-corrected chi connectivity index (χ1v) is 8.70. The summed E-state index contributed by atoms with van der Waals surface area (Å²) in [5.41, 5.74) is 2.40. The van der Waals surface area contributed by atoms with Crippen LogP contribution < -0.4 is 4.74 Å². The number of benzene rings is 1. The fourth-order valence-corrected chi connectivity index (χ4v) is 2.62. The highest BCUT2D eigenvalue weighted by atomic mass is 16.6. The SMILES string of the molecule is Cc1noc(C)c1COc1ccc(CC(=O)OCC(=O)N2CCOC2=O)cc1. The van der Waals surface area contributed by atoms with Crippen LogP contribution in [-0.2, 0) is 32.1 Å². The van der Waals surface area contributed by atoms with Gasteiger partial charge in [-0.1, -0.05) is 17.3 Å². The summed E-state index contributed by atoms with van der Waals surface area (Å²) in [5.74, 6) is 0.192. The molecule has 9 heteroatoms. The zero-order valence-corrected chi connectivity index (χ0v) is 15.6. The number of rotatable bonds is 7. The van der Waals surface area contributed by atoms with E-state index >= 15 is 0 Å². The molecule has 0 atom stereocenters. The lowest BCUT2D eigenvalue weighted by Gasteiger charge is -2.11. The minimum absolute atomic E-state index is 0.00186. The number of nitrogens with zero attached hydrogens (tertiary/aromatic N) is 2. The van der Waals surface area contributed by atoms with Gasteiger partial charge in [-0.3, -0.25) is 9.59 Å². The van der Waals surface area contributed by atoms with E-state index in [-0.39, 0.29) is 19.6 Å². The smallest absolute Gasteiger partial charge is 0.416 e. The lowest BCUT2D eigenvalue weighted by molar-refractivity contribution is -0.150. The van der Waals surface area contributed by atoms with E-state index < -0.39 is 24.6 Å². The van der Waals surface area contributed by atoms with Crippen molar-refractivity contribution in [2.24, 2.45) is 0 Å². The van der Waals surface area contributed by atoms with Gasteiger partial charge in [0.2, 0.25) is 0 Å². The van der Waals surface area contributed by atoms with Gasteiger partial charge in [0, 0.05) is 0 Å². The van der Waals surface area contributed by atoms with Crippen LogP contribution in [0.25, 0.3) is 0 Å². The van der Waals surface area contributed by atoms with Crippen molar-refractivity contribution in [1.29, 1.82) is 0 Å². The molecular formula is C19H20N2O7. The molecule has 0 saturated carbocycles. The Balaban J connectivity index is 1.45. The highest BCUT2D eigenvalue weighted by molar-refractivity contribution is 5.94. The van der Waals surface area contributed by atoms with Crippen LogP contribution in [0.15, 0.2) is 28.8 Å². The van der Waals surface area contributed by atoms with Gasteiger partial charge in [-0.2, -0.15) is 0 Å². The Morgan fingerprint density at radius 1 is 1.21 bits per heavy atom. The average Bonchev–Trinajstić information content (AvgIpc) is 3.25. The van der Waals surface area contributed by atoms with Crippen LogP contribution in [0, 0.1) is 13.8 Å². The first kappa shape index (κ1) is 19.4. The topological polar surface area (TPSA) is 108 Å². The molecule has 1 aliphatic heterocycles. The van der Waals surface area contributed by atoms with Gasteiger partial charge in [-0.15, -0.1) is 0 Å². The van der Waals surface area contributed by atoms with Crippen LogP contribution in [0.2, 0.25) is 0 Å². The maximum atomic E-state index is 11.9. The van der Waals surface area contributed by atoms with Crippen molar-refractivity contribution in [2.75, 3.05) is 19.8 Å². The molecule has 148 valence electrons. The van der Waals surface area contributed by atoms with Crippen molar-refractivity contribution >= 4 is 18.0 Å². The fraction of sp³-hybridized carbons (Fsp3) is 0.368. The van der Waals surface area contributed by atoms with E-state index in [9.17, 15) is 14.4 Å². The molecule has 1 fully saturated rings. The third-order valence-corrected chi connectivity index (χ3v) is 4.25. The summed E-state index contributed by atoms with van der Waals surface area (Å²) in [6.45, 7) is 3.84. The summed E-state index contributed by atoms with van der Waals surface area (Å²) in [6, 6.07) is 6.96. The highest BCUT2D eigenvalue weighted by Gasteiger charge is 2.28. The third kappa shape index (κ3) is 4.67. The predicted molar refractivity (Wildman–Crippen MR) is 94.5 cm³/mol. The molecule has 0 N–H and O–H groups in total. The summed E-state index contributed by atoms with van der Waals surface area (Å²) >= 11 is 0. The van der Waals surface area contributed by atoms with E-state index in [0.29, 0.717) is 23.7 Å². The second-order valence-corrected chi connectivity index (χ2v) is 6.23. The highest BCUT2D eigenvalue weighted by Crippen LogP contribution is 2.18. The Bertz CT molecular complexity index is 853. The van der Waals surface area contributed by atoms with Crippen LogP contribution in [0.1, 0.15) is 22.6 Å². The molecule has 3 rings (SSSR count). The summed E-state index contributed by atoms with van der Waals surface area (Å²) in [7, 11) is 0. The van der Waals surface area contributed by atoms with E-state index in [1.165, 1.54) is 0 Å². The number of carbonyl (C=O) groups is 3. The van der Waals surface area contributed by atoms with Gasteiger partial charge in [-0.05, 0) is 31.5 Å². The molecule has 0 aliphatic carbocycles. The van der Waals surface area contributed by atoms with Crippen LogP contribution in [0.3, 0.4) is 0 Å². The van der Waals surface area contributed by atoms with Gasteiger partial charge in [-0.25, -0.2) is 9.69 Å². The Hall–Kier alpha value is -3.36. The third-order valence-electron chi connectivity index (χ3n) is 4.25. The second kappa shape index (κ2) is 8.55. The predicted octanol–water partition coefficient (Wildman–Crippen LogP) is 1.93. The van der Waals surface area contributed by atoms with Crippen molar-refractivity contribution in [1.82, 2.24) is 10.1 Å². The quantitative estimate of drug-likeness (QED) is 0.662. The van der Waals surface area contributed by atoms with Gasteiger partial charge in [0.25, 0.3) is 5.91 Å². The Kier molecular flexibility index (Phi) is 5.93. The maximum absolute atomic E-state index is 11.9. The lowest BCUT2D eigenvalue weighted by Crippen LogP contribution is -2.35. The normalized spacial score (nSPS) is 13.4. The molecule has 1 aromatic heterocycles. The van der Waals surface area contributed by atoms with E-state index in [1.807, 2.05) is 13.8 Å². The molecule has 0 bridgehead atoms. The zero-order valence-electron chi connectivity index (χ0n) is 15.6. The molecule has 2 heterocycles. The standard InChI is InChI=1S/C19H20N2O7/c1-12-16(13(2)28-20-12)10-26-15-5-3-14(4-6-15)9-18(23)27-11-17(22)21-7-8-25-19(21)24/h3-6H,7-11H2,1-2H3. The number of ether oxygens (including phenoxy) is 3. The molecule has 0 spiro atoms. The number of hydrogen-bond acceptors (Lipinski definition) is 8. The molecule has 0 unspecified atom stereocenters. The van der Waals surface area contributed by atoms with Crippen LogP contribution >= 0.6 is 0 Å². The van der Waals surface area contributed by atoms with Gasteiger partial charge in [0.05, 0.1) is 24.2 Å². The number of aromatic nitrogens is 1. The van der Waals surface area contributed by atoms with Gasteiger partial charge >= 0.3 is 12.1 Å². The minimum atomic E-state index is -0.715. The van der Waals surface area contributed by atoms with Gasteiger partial charge < -0.3 is 18.7 Å². The van der Waals surface area contributed by atoms with E-state index in [4.69, 9.17) is 14.0 Å². The number of esters is 1. The van der Waals surface area contributed by atoms with E-state index in [1.54, 1.807) is 24.3 Å². The average molecular weight is 388 g/mol. The number of cyclic esters (lactones) is 1. The van der Waals surface area contributed by atoms with Crippen molar-refractivity contribution in [3.8, 4) is 5.75 Å². The van der Waals surface area contributed by atoms with Crippen molar-refractivity contribution in [2.45, 2.75) is 26.9 Å². The van der Waals surface area contributed by atoms with Crippen molar-refractivity contribution < 1.29 is 33.1 Å². The number of hydrogen-bond donors (Lipinski definition) is 0. The largest absolute Gasteiger partial charge is 0.489 e. The molecule has 28 heavy (non-hydrogen) atoms. The molecular weight excluding hydrogens is 368 g/mol. The lowest BCUT2D eigenvalue weighted by atomic mass is 10.1. The summed E-state index contributed by atoms with van der Waals surface area (Å²) in [6.07, 6.45) is -0.713. The summed E-state index contributed by atoms with van der Waals surface area (Å²) in [5, 5.41) is 3.88. The van der Waals surface area contributed by atoms with Crippen LogP contribution in [-0.4, -0.2) is 47.8 Å². The summed E-state index contributed by atoms with van der Waals surface area (Å²) in [4.78, 5) is 35.9. The number of imide groups is 1. The molecule has 2 amide bonds. The Morgan fingerprint density at radius 2 is 1.96 bits per heavy atom. The Morgan fingerprint density at radius 3 is 2.57 bits per heavy atom. The minimum Gasteiger partial charge on any atom is -0.489 e. The molecule has 1 saturated heterocycles. The summed E-state index contributed by atoms with van der Waals surface area (Å²) < 4.78 is 20.4. The molecule has 0 radical (unpaired) electrons. The van der Waals surface area contributed by atoms with Crippen molar-refractivity contribution in [3.05, 3.63) is 46.8 Å². The molecule has 1 aromatic carbocycles. The second-order valence-electron chi connectivity index (χ2n) is 6.23.